The molecule has 8 nitrogen and oxygen atoms in total. The highest BCUT2D eigenvalue weighted by molar-refractivity contribution is 7.47. The number of carbonyl (C=O) groups excluding carboxylic acids is 1. The van der Waals surface area contributed by atoms with Gasteiger partial charge in [0.1, 0.15) is 6.10 Å². The molecule has 3 N–H and O–H groups in total. The van der Waals surface area contributed by atoms with Crippen LogP contribution in [0.1, 0.15) is 290 Å². The highest BCUT2D eigenvalue weighted by Crippen LogP contribution is 2.43. The molecule has 0 rings (SSSR count). The summed E-state index contributed by atoms with van der Waals surface area (Å²) in [6, 6.07) is 0. The number of phosphoric acid groups is 1. The molecule has 0 saturated carbocycles. The van der Waals surface area contributed by atoms with Gasteiger partial charge >= 0.3 is 13.8 Å². The Hall–Kier alpha value is -0.760. The molecule has 2 atom stereocenters. The molecule has 0 saturated heterocycles. The summed E-state index contributed by atoms with van der Waals surface area (Å²) in [5, 5.41) is 0. The monoisotopic (exact) mass is 914 g/mol. The fourth-order valence-corrected chi connectivity index (χ4v) is 9.11. The summed E-state index contributed by atoms with van der Waals surface area (Å²) in [6.45, 7) is 4.99. The second kappa shape index (κ2) is 52.2. The molecular formula is C54H108NO7P. The second-order valence-electron chi connectivity index (χ2n) is 18.8. The second-order valence-corrected chi connectivity index (χ2v) is 20.3. The van der Waals surface area contributed by atoms with Crippen LogP contribution in [0.3, 0.4) is 0 Å². The lowest BCUT2D eigenvalue weighted by molar-refractivity contribution is -0.154. The number of carbonyl (C=O) groups is 1. The number of unbranched alkanes of at least 4 members (excludes halogenated alkanes) is 39. The quantitative estimate of drug-likeness (QED) is 0.0268. The van der Waals surface area contributed by atoms with Crippen LogP contribution in [-0.2, 0) is 27.9 Å². The highest BCUT2D eigenvalue weighted by Gasteiger charge is 2.25. The van der Waals surface area contributed by atoms with Gasteiger partial charge < -0.3 is 20.1 Å². The Morgan fingerprint density at radius 1 is 0.460 bits per heavy atom. The fraction of sp³-hybridized carbons (Fsp3) is 0.944. The molecule has 2 unspecified atom stereocenters. The molecule has 63 heavy (non-hydrogen) atoms. The van der Waals surface area contributed by atoms with Crippen molar-refractivity contribution < 1.29 is 32.8 Å². The summed E-state index contributed by atoms with van der Waals surface area (Å²) >= 11 is 0. The van der Waals surface area contributed by atoms with Crippen molar-refractivity contribution in [1.29, 1.82) is 0 Å². The van der Waals surface area contributed by atoms with E-state index in [1.165, 1.54) is 238 Å². The third-order valence-corrected chi connectivity index (χ3v) is 13.4. The largest absolute Gasteiger partial charge is 0.472 e. The van der Waals surface area contributed by atoms with Gasteiger partial charge in [-0.15, -0.1) is 0 Å². The summed E-state index contributed by atoms with van der Waals surface area (Å²) in [5.41, 5.74) is 5.40. The Labute approximate surface area is 392 Å². The van der Waals surface area contributed by atoms with Gasteiger partial charge in [0.15, 0.2) is 0 Å². The number of nitrogens with two attached hydrogens (primary N) is 1. The summed E-state index contributed by atoms with van der Waals surface area (Å²) in [7, 11) is -4.28. The van der Waals surface area contributed by atoms with Crippen LogP contribution in [0.15, 0.2) is 12.2 Å². The predicted octanol–water partition coefficient (Wildman–Crippen LogP) is 17.4. The van der Waals surface area contributed by atoms with Crippen LogP contribution < -0.4 is 5.73 Å². The minimum Gasteiger partial charge on any atom is -0.457 e. The van der Waals surface area contributed by atoms with Crippen molar-refractivity contribution in [2.75, 3.05) is 33.0 Å². The molecule has 0 fully saturated rings. The topological polar surface area (TPSA) is 117 Å². The molecule has 9 heteroatoms. The van der Waals surface area contributed by atoms with Crippen molar-refractivity contribution in [2.45, 2.75) is 296 Å². The molecule has 0 aliphatic carbocycles. The SMILES string of the molecule is CCCCCCCCC/C=C\CCCCCCCCCCOCC(COP(=O)(O)OCCN)OC(=O)CCCCCCCCCCCCCCCCCCCCCCCCCCC. The molecule has 0 aliphatic heterocycles. The number of rotatable bonds is 54. The van der Waals surface area contributed by atoms with Crippen molar-refractivity contribution >= 4 is 13.8 Å². The third kappa shape index (κ3) is 52.1. The van der Waals surface area contributed by atoms with Crippen molar-refractivity contribution in [1.82, 2.24) is 0 Å². The lowest BCUT2D eigenvalue weighted by Gasteiger charge is -2.20. The zero-order chi connectivity index (χ0) is 45.8. The highest BCUT2D eigenvalue weighted by atomic mass is 31.2. The molecule has 0 aromatic rings. The molecule has 0 spiro atoms. The minimum atomic E-state index is -4.28. The van der Waals surface area contributed by atoms with Crippen molar-refractivity contribution in [3.8, 4) is 0 Å². The first-order valence-electron chi connectivity index (χ1n) is 27.7. The van der Waals surface area contributed by atoms with E-state index in [9.17, 15) is 14.3 Å². The zero-order valence-electron chi connectivity index (χ0n) is 42.1. The normalized spacial score (nSPS) is 13.3. The maximum absolute atomic E-state index is 12.7. The molecule has 0 bridgehead atoms. The van der Waals surface area contributed by atoms with Gasteiger partial charge in [0.05, 0.1) is 19.8 Å². The molecule has 0 aromatic carbocycles. The van der Waals surface area contributed by atoms with Gasteiger partial charge in [0, 0.05) is 19.6 Å². The Morgan fingerprint density at radius 2 is 0.794 bits per heavy atom. The molecule has 0 aliphatic rings. The van der Waals surface area contributed by atoms with Crippen LogP contribution in [0.4, 0.5) is 0 Å². The van der Waals surface area contributed by atoms with Gasteiger partial charge in [0.25, 0.3) is 0 Å². The molecule has 0 radical (unpaired) electrons. The van der Waals surface area contributed by atoms with Crippen LogP contribution in [-0.4, -0.2) is 49.9 Å². The standard InChI is InChI=1S/C54H108NO7P/c1-3-5-7-9-11-13-15-17-19-21-23-24-25-26-27-28-29-31-33-35-37-39-41-43-45-47-54(56)62-53(52-61-63(57,58)60-50-48-55)51-59-49-46-44-42-40-38-36-34-32-30-22-20-18-16-14-12-10-8-6-4-2/h20,22,53H,3-19,21,23-52,55H2,1-2H3,(H,57,58)/b22-20-. The first-order valence-corrected chi connectivity index (χ1v) is 29.2. The number of phosphoric ester groups is 1. The van der Waals surface area contributed by atoms with Crippen LogP contribution >= 0.6 is 7.82 Å². The maximum atomic E-state index is 12.7. The van der Waals surface area contributed by atoms with Crippen molar-refractivity contribution in [3.63, 3.8) is 0 Å². The fourth-order valence-electron chi connectivity index (χ4n) is 8.35. The first kappa shape index (κ1) is 62.2. The zero-order valence-corrected chi connectivity index (χ0v) is 43.0. The van der Waals surface area contributed by atoms with Crippen molar-refractivity contribution in [2.24, 2.45) is 5.73 Å². The Balaban J connectivity index is 3.85. The average molecular weight is 914 g/mol. The number of allylic oxidation sites excluding steroid dienone is 2. The number of hydrogen-bond acceptors (Lipinski definition) is 7. The summed E-state index contributed by atoms with van der Waals surface area (Å²) in [5.74, 6) is -0.323. The van der Waals surface area contributed by atoms with Gasteiger partial charge in [0.2, 0.25) is 0 Å². The van der Waals surface area contributed by atoms with Crippen LogP contribution in [0.25, 0.3) is 0 Å². The van der Waals surface area contributed by atoms with E-state index in [1.54, 1.807) is 0 Å². The molecular weight excluding hydrogens is 806 g/mol. The van der Waals surface area contributed by atoms with Gasteiger partial charge in [-0.25, -0.2) is 4.57 Å². The number of ether oxygens (including phenoxy) is 2. The summed E-state index contributed by atoms with van der Waals surface area (Å²) in [6.07, 6.45) is 59.7. The van der Waals surface area contributed by atoms with Crippen LogP contribution in [0.2, 0.25) is 0 Å². The minimum absolute atomic E-state index is 0.0922. The van der Waals surface area contributed by atoms with E-state index in [1.807, 2.05) is 0 Å². The van der Waals surface area contributed by atoms with Gasteiger partial charge in [-0.1, -0.05) is 257 Å². The average Bonchev–Trinajstić information content (AvgIpc) is 3.28. The van der Waals surface area contributed by atoms with E-state index >= 15 is 0 Å². The summed E-state index contributed by atoms with van der Waals surface area (Å²) < 4.78 is 33.6. The van der Waals surface area contributed by atoms with Crippen molar-refractivity contribution in [3.05, 3.63) is 12.2 Å². The third-order valence-electron chi connectivity index (χ3n) is 12.4. The van der Waals surface area contributed by atoms with Gasteiger partial charge in [-0.05, 0) is 38.5 Å². The van der Waals surface area contributed by atoms with Gasteiger partial charge in [-0.2, -0.15) is 0 Å². The van der Waals surface area contributed by atoms with E-state index in [2.05, 4.69) is 26.0 Å². The Kier molecular flexibility index (Phi) is 51.6. The number of esters is 1. The molecule has 0 heterocycles. The van der Waals surface area contributed by atoms with E-state index in [0.717, 1.165) is 32.1 Å². The maximum Gasteiger partial charge on any atom is 0.472 e. The first-order chi connectivity index (χ1) is 30.9. The number of hydrogen-bond donors (Lipinski definition) is 2. The lowest BCUT2D eigenvalue weighted by Crippen LogP contribution is -2.28. The van der Waals surface area contributed by atoms with Gasteiger partial charge in [-0.3, -0.25) is 13.8 Å². The summed E-state index contributed by atoms with van der Waals surface area (Å²) in [4.78, 5) is 22.6. The van der Waals surface area contributed by atoms with Crippen LogP contribution in [0, 0.1) is 0 Å². The van der Waals surface area contributed by atoms with E-state index in [-0.39, 0.29) is 32.3 Å². The molecule has 0 aromatic heterocycles. The Bertz CT molecular complexity index is 982. The predicted molar refractivity (Wildman–Crippen MR) is 271 cm³/mol. The van der Waals surface area contributed by atoms with Crippen LogP contribution in [0.5, 0.6) is 0 Å². The Morgan fingerprint density at radius 3 is 1.16 bits per heavy atom. The lowest BCUT2D eigenvalue weighted by atomic mass is 10.0. The smallest absolute Gasteiger partial charge is 0.457 e. The van der Waals surface area contributed by atoms with E-state index < -0.39 is 13.9 Å². The van der Waals surface area contributed by atoms with E-state index in [0.29, 0.717) is 13.0 Å². The van der Waals surface area contributed by atoms with E-state index in [4.69, 9.17) is 24.3 Å². The molecule has 376 valence electrons. The molecule has 0 amide bonds.